The van der Waals surface area contributed by atoms with Crippen molar-refractivity contribution in [3.63, 3.8) is 0 Å². The van der Waals surface area contributed by atoms with Crippen LogP contribution in [0.25, 0.3) is 21.3 Å². The molecule has 0 bridgehead atoms. The maximum absolute atomic E-state index is 13.0. The number of pyridine rings is 1. The highest BCUT2D eigenvalue weighted by atomic mass is 32.1. The van der Waals surface area contributed by atoms with E-state index in [1.807, 2.05) is 53.9 Å². The van der Waals surface area contributed by atoms with E-state index in [0.29, 0.717) is 10.9 Å². The Morgan fingerprint density at radius 3 is 2.52 bits per heavy atom. The van der Waals surface area contributed by atoms with E-state index in [0.717, 1.165) is 16.0 Å². The van der Waals surface area contributed by atoms with Crippen molar-refractivity contribution >= 4 is 40.1 Å². The molecule has 4 aromatic rings. The molecule has 0 fully saturated rings. The number of amides is 1. The van der Waals surface area contributed by atoms with E-state index in [1.54, 1.807) is 23.5 Å². The Kier molecular flexibility index (Phi) is 6.46. The Morgan fingerprint density at radius 2 is 1.85 bits per heavy atom. The summed E-state index contributed by atoms with van der Waals surface area (Å²) in [5.41, 5.74) is 1.95. The molecule has 33 heavy (non-hydrogen) atoms. The number of hydrogen-bond acceptors (Lipinski definition) is 6. The number of carbonyl (C=O) groups is 3. The molecule has 7 nitrogen and oxygen atoms in total. The normalized spacial score (nSPS) is 11.7. The number of thiophene rings is 1. The minimum Gasteiger partial charge on any atom is -0.478 e. The second-order valence-electron chi connectivity index (χ2n) is 7.31. The van der Waals surface area contributed by atoms with Gasteiger partial charge in [-0.2, -0.15) is 0 Å². The number of nitrogens with one attached hydrogen (secondary N) is 1. The van der Waals surface area contributed by atoms with E-state index in [9.17, 15) is 19.5 Å². The summed E-state index contributed by atoms with van der Waals surface area (Å²) in [6.45, 7) is 0. The van der Waals surface area contributed by atoms with Gasteiger partial charge in [-0.1, -0.05) is 42.5 Å². The van der Waals surface area contributed by atoms with E-state index >= 15 is 0 Å². The zero-order valence-corrected chi connectivity index (χ0v) is 18.5. The lowest BCUT2D eigenvalue weighted by atomic mass is 10.0. The zero-order chi connectivity index (χ0) is 23.4. The lowest BCUT2D eigenvalue weighted by Crippen LogP contribution is -2.43. The third-order valence-corrected chi connectivity index (χ3v) is 6.07. The van der Waals surface area contributed by atoms with Crippen molar-refractivity contribution in [3.05, 3.63) is 88.9 Å². The number of esters is 1. The fourth-order valence-corrected chi connectivity index (χ4v) is 4.26. The lowest BCUT2D eigenvalue weighted by molar-refractivity contribution is -0.142. The van der Waals surface area contributed by atoms with E-state index in [4.69, 9.17) is 4.74 Å². The van der Waals surface area contributed by atoms with Gasteiger partial charge < -0.3 is 15.2 Å². The summed E-state index contributed by atoms with van der Waals surface area (Å²) in [6, 6.07) is 18.6. The summed E-state index contributed by atoms with van der Waals surface area (Å²) in [5.74, 6) is -2.44. The van der Waals surface area contributed by atoms with Gasteiger partial charge in [-0.3, -0.25) is 4.79 Å². The minimum atomic E-state index is -1.17. The molecular formula is C25H20N2O5S. The van der Waals surface area contributed by atoms with Crippen molar-refractivity contribution in [1.29, 1.82) is 0 Å². The Hall–Kier alpha value is -4.04. The second-order valence-corrected chi connectivity index (χ2v) is 8.26. The Morgan fingerprint density at radius 1 is 1.06 bits per heavy atom. The average molecular weight is 461 g/mol. The van der Waals surface area contributed by atoms with E-state index in [1.165, 1.54) is 13.2 Å². The number of benzene rings is 2. The van der Waals surface area contributed by atoms with Crippen LogP contribution in [0.1, 0.15) is 26.4 Å². The van der Waals surface area contributed by atoms with Crippen molar-refractivity contribution < 1.29 is 24.2 Å². The maximum Gasteiger partial charge on any atom is 0.336 e. The van der Waals surface area contributed by atoms with Gasteiger partial charge in [0, 0.05) is 16.7 Å². The van der Waals surface area contributed by atoms with Crippen LogP contribution in [0.4, 0.5) is 0 Å². The van der Waals surface area contributed by atoms with Crippen LogP contribution < -0.4 is 5.32 Å². The smallest absolute Gasteiger partial charge is 0.336 e. The summed E-state index contributed by atoms with van der Waals surface area (Å²) < 4.78 is 4.83. The van der Waals surface area contributed by atoms with Crippen molar-refractivity contribution in [1.82, 2.24) is 10.3 Å². The van der Waals surface area contributed by atoms with Gasteiger partial charge in [0.15, 0.2) is 0 Å². The highest BCUT2D eigenvalue weighted by Gasteiger charge is 2.24. The molecule has 0 unspecified atom stereocenters. The Balaban J connectivity index is 1.67. The third kappa shape index (κ3) is 4.91. The van der Waals surface area contributed by atoms with Crippen LogP contribution in [0, 0.1) is 0 Å². The quantitative estimate of drug-likeness (QED) is 0.401. The standard InChI is InChI=1S/C25H20N2O5S/c1-32-25(31)21(12-15-6-3-2-4-7-15)27-23(28)20-14-18(24(29)30)17-13-16(9-10-19(17)26-20)22-8-5-11-33-22/h2-11,13-14,21H,12H2,1H3,(H,27,28)(H,29,30)/t21-/m0/s1. The molecule has 1 atom stereocenters. The van der Waals surface area contributed by atoms with E-state index < -0.39 is 23.9 Å². The predicted molar refractivity (Wildman–Crippen MR) is 125 cm³/mol. The number of aromatic carboxylic acids is 1. The number of fused-ring (bicyclic) bond motifs is 1. The lowest BCUT2D eigenvalue weighted by Gasteiger charge is -2.17. The molecule has 2 aromatic heterocycles. The van der Waals surface area contributed by atoms with Crippen LogP contribution in [0.2, 0.25) is 0 Å². The molecule has 0 saturated carbocycles. The molecule has 2 aromatic carbocycles. The highest BCUT2D eigenvalue weighted by molar-refractivity contribution is 7.13. The first-order valence-electron chi connectivity index (χ1n) is 10.1. The van der Waals surface area contributed by atoms with E-state index in [-0.39, 0.29) is 17.7 Å². The van der Waals surface area contributed by atoms with Crippen molar-refractivity contribution in [3.8, 4) is 10.4 Å². The Labute approximate surface area is 193 Å². The molecule has 8 heteroatoms. The number of carboxylic acids is 1. The van der Waals surface area contributed by atoms with Gasteiger partial charge >= 0.3 is 11.9 Å². The predicted octanol–water partition coefficient (Wildman–Crippen LogP) is 4.18. The number of nitrogens with zero attached hydrogens (tertiary/aromatic N) is 1. The number of carbonyl (C=O) groups excluding carboxylic acids is 2. The molecule has 166 valence electrons. The molecule has 0 aliphatic heterocycles. The van der Waals surface area contributed by atoms with Gasteiger partial charge in [0.1, 0.15) is 11.7 Å². The fraction of sp³-hybridized carbons (Fsp3) is 0.120. The molecule has 2 N–H and O–H groups in total. The van der Waals surface area contributed by atoms with Crippen LogP contribution in [-0.4, -0.2) is 41.1 Å². The van der Waals surface area contributed by atoms with Gasteiger partial charge in [-0.15, -0.1) is 11.3 Å². The molecule has 1 amide bonds. The molecule has 0 aliphatic rings. The topological polar surface area (TPSA) is 106 Å². The van der Waals surface area contributed by atoms with Crippen LogP contribution >= 0.6 is 11.3 Å². The molecular weight excluding hydrogens is 440 g/mol. The first-order valence-corrected chi connectivity index (χ1v) is 11.0. The first-order chi connectivity index (χ1) is 16.0. The monoisotopic (exact) mass is 460 g/mol. The van der Waals surface area contributed by atoms with Crippen LogP contribution in [0.15, 0.2) is 72.1 Å². The summed E-state index contributed by atoms with van der Waals surface area (Å²) in [4.78, 5) is 42.6. The van der Waals surface area contributed by atoms with Crippen molar-refractivity contribution in [2.45, 2.75) is 12.5 Å². The van der Waals surface area contributed by atoms with Crippen molar-refractivity contribution in [2.75, 3.05) is 7.11 Å². The first kappa shape index (κ1) is 22.2. The number of carboxylic acid groups (broad SMARTS) is 1. The van der Waals surface area contributed by atoms with Crippen molar-refractivity contribution in [2.24, 2.45) is 0 Å². The third-order valence-electron chi connectivity index (χ3n) is 5.15. The number of ether oxygens (including phenoxy) is 1. The SMILES string of the molecule is COC(=O)[C@H](Cc1ccccc1)NC(=O)c1cc(C(=O)O)c2cc(-c3cccs3)ccc2n1. The summed E-state index contributed by atoms with van der Waals surface area (Å²) in [7, 11) is 1.24. The number of methoxy groups -OCH3 is 1. The molecule has 0 aliphatic carbocycles. The molecule has 0 saturated heterocycles. The summed E-state index contributed by atoms with van der Waals surface area (Å²) in [6.07, 6.45) is 0.225. The van der Waals surface area contributed by atoms with Crippen LogP contribution in [0.5, 0.6) is 0 Å². The van der Waals surface area contributed by atoms with Gasteiger partial charge in [-0.25, -0.2) is 14.6 Å². The summed E-state index contributed by atoms with van der Waals surface area (Å²) >= 11 is 1.54. The molecule has 4 rings (SSSR count). The van der Waals surface area contributed by atoms with Gasteiger partial charge in [-0.05, 0) is 40.8 Å². The average Bonchev–Trinajstić information content (AvgIpc) is 3.37. The molecule has 2 heterocycles. The zero-order valence-electron chi connectivity index (χ0n) is 17.6. The fourth-order valence-electron chi connectivity index (χ4n) is 3.53. The number of rotatable bonds is 7. The number of hydrogen-bond donors (Lipinski definition) is 2. The number of aromatic nitrogens is 1. The minimum absolute atomic E-state index is 0.0405. The van der Waals surface area contributed by atoms with Gasteiger partial charge in [0.25, 0.3) is 5.91 Å². The largest absolute Gasteiger partial charge is 0.478 e. The van der Waals surface area contributed by atoms with Gasteiger partial charge in [0.2, 0.25) is 0 Å². The molecule has 0 radical (unpaired) electrons. The second kappa shape index (κ2) is 9.62. The highest BCUT2D eigenvalue weighted by Crippen LogP contribution is 2.29. The van der Waals surface area contributed by atoms with E-state index in [2.05, 4.69) is 10.3 Å². The van der Waals surface area contributed by atoms with Gasteiger partial charge in [0.05, 0.1) is 18.2 Å². The van der Waals surface area contributed by atoms with Crippen LogP contribution in [0.3, 0.4) is 0 Å². The summed E-state index contributed by atoms with van der Waals surface area (Å²) in [5, 5.41) is 14.8. The Bertz CT molecular complexity index is 1320. The molecule has 0 spiro atoms. The maximum atomic E-state index is 13.0. The van der Waals surface area contributed by atoms with Crippen LogP contribution in [-0.2, 0) is 16.0 Å².